The number of urea groups is 1. The van der Waals surface area contributed by atoms with Crippen molar-refractivity contribution < 1.29 is 18.7 Å². The summed E-state index contributed by atoms with van der Waals surface area (Å²) >= 11 is 0. The van der Waals surface area contributed by atoms with Gasteiger partial charge in [-0.15, -0.1) is 0 Å². The number of nitrogens with one attached hydrogen (secondary N) is 1. The van der Waals surface area contributed by atoms with E-state index in [0.717, 1.165) is 5.39 Å². The Kier molecular flexibility index (Phi) is 3.79. The summed E-state index contributed by atoms with van der Waals surface area (Å²) in [6, 6.07) is 6.79. The normalized spacial score (nSPS) is 17.9. The van der Waals surface area contributed by atoms with Crippen molar-refractivity contribution in [2.45, 2.75) is 32.4 Å². The highest BCUT2D eigenvalue weighted by Crippen LogP contribution is 2.26. The van der Waals surface area contributed by atoms with Crippen LogP contribution in [0, 0.1) is 0 Å². The second-order valence-electron chi connectivity index (χ2n) is 6.58. The first kappa shape index (κ1) is 16.0. The van der Waals surface area contributed by atoms with E-state index in [-0.39, 0.29) is 6.54 Å². The summed E-state index contributed by atoms with van der Waals surface area (Å²) < 4.78 is 10.5. The summed E-state index contributed by atoms with van der Waals surface area (Å²) in [4.78, 5) is 37.2. The number of carbonyl (C=O) groups excluding carboxylic acids is 2. The smallest absolute Gasteiger partial charge is 0.336 e. The lowest BCUT2D eigenvalue weighted by Gasteiger charge is -2.26. The summed E-state index contributed by atoms with van der Waals surface area (Å²) in [6.07, 6.45) is 0. The SMILES string of the molecule is CC(C)(C)OC(=O)C1CNC(=O)N1c1ccc2ccc(=O)oc2c1. The zero-order chi connectivity index (χ0) is 17.5. The van der Waals surface area contributed by atoms with Gasteiger partial charge in [0.15, 0.2) is 6.04 Å². The Morgan fingerprint density at radius 2 is 1.96 bits per heavy atom. The Balaban J connectivity index is 1.97. The number of ether oxygens (including phenoxy) is 1. The van der Waals surface area contributed by atoms with Crippen molar-refractivity contribution in [3.05, 3.63) is 40.8 Å². The quantitative estimate of drug-likeness (QED) is 0.672. The summed E-state index contributed by atoms with van der Waals surface area (Å²) in [5.41, 5.74) is -0.315. The van der Waals surface area contributed by atoms with Crippen LogP contribution in [0.3, 0.4) is 0 Å². The molecule has 24 heavy (non-hydrogen) atoms. The summed E-state index contributed by atoms with van der Waals surface area (Å²) in [6.45, 7) is 5.46. The third kappa shape index (κ3) is 3.10. The van der Waals surface area contributed by atoms with Gasteiger partial charge < -0.3 is 14.5 Å². The first-order valence-electron chi connectivity index (χ1n) is 7.58. The van der Waals surface area contributed by atoms with Crippen LogP contribution >= 0.6 is 0 Å². The number of hydrogen-bond donors (Lipinski definition) is 1. The zero-order valence-electron chi connectivity index (χ0n) is 13.7. The highest BCUT2D eigenvalue weighted by Gasteiger charge is 2.39. The Morgan fingerprint density at radius 3 is 2.67 bits per heavy atom. The molecule has 1 saturated heterocycles. The van der Waals surface area contributed by atoms with Crippen LogP contribution in [0.4, 0.5) is 10.5 Å². The average molecular weight is 330 g/mol. The van der Waals surface area contributed by atoms with Gasteiger partial charge in [0.25, 0.3) is 0 Å². The van der Waals surface area contributed by atoms with Crippen molar-refractivity contribution in [2.24, 2.45) is 0 Å². The molecule has 0 aliphatic carbocycles. The van der Waals surface area contributed by atoms with Gasteiger partial charge in [0.05, 0.1) is 12.2 Å². The van der Waals surface area contributed by atoms with Crippen LogP contribution in [0.5, 0.6) is 0 Å². The molecule has 1 N–H and O–H groups in total. The van der Waals surface area contributed by atoms with Gasteiger partial charge in [-0.1, -0.05) is 0 Å². The van der Waals surface area contributed by atoms with Gasteiger partial charge >= 0.3 is 17.6 Å². The lowest BCUT2D eigenvalue weighted by Crippen LogP contribution is -2.43. The molecule has 1 aromatic heterocycles. The van der Waals surface area contributed by atoms with Crippen molar-refractivity contribution in [1.29, 1.82) is 0 Å². The molecule has 1 aromatic carbocycles. The molecule has 0 saturated carbocycles. The largest absolute Gasteiger partial charge is 0.458 e. The third-order valence-electron chi connectivity index (χ3n) is 3.54. The molecule has 2 heterocycles. The number of carbonyl (C=O) groups is 2. The molecule has 7 heteroatoms. The van der Waals surface area contributed by atoms with E-state index in [1.807, 2.05) is 0 Å². The van der Waals surface area contributed by atoms with E-state index >= 15 is 0 Å². The molecule has 1 unspecified atom stereocenters. The minimum absolute atomic E-state index is 0.157. The van der Waals surface area contributed by atoms with Gasteiger partial charge in [0.2, 0.25) is 0 Å². The van der Waals surface area contributed by atoms with E-state index in [2.05, 4.69) is 5.32 Å². The third-order valence-corrected chi connectivity index (χ3v) is 3.54. The molecule has 1 aliphatic rings. The van der Waals surface area contributed by atoms with Gasteiger partial charge in [-0.25, -0.2) is 14.4 Å². The van der Waals surface area contributed by atoms with E-state index in [1.54, 1.807) is 45.0 Å². The van der Waals surface area contributed by atoms with E-state index < -0.39 is 29.3 Å². The second-order valence-corrected chi connectivity index (χ2v) is 6.58. The topological polar surface area (TPSA) is 88.9 Å². The van der Waals surface area contributed by atoms with Crippen molar-refractivity contribution in [3.63, 3.8) is 0 Å². The number of benzene rings is 1. The molecular weight excluding hydrogens is 312 g/mol. The van der Waals surface area contributed by atoms with Crippen LogP contribution < -0.4 is 15.8 Å². The fourth-order valence-corrected chi connectivity index (χ4v) is 2.56. The molecule has 1 aliphatic heterocycles. The first-order chi connectivity index (χ1) is 11.2. The second kappa shape index (κ2) is 5.67. The predicted octanol–water partition coefficient (Wildman–Crippen LogP) is 2.03. The number of hydrogen-bond acceptors (Lipinski definition) is 5. The Labute approximate surface area is 138 Å². The molecule has 0 radical (unpaired) electrons. The molecule has 1 atom stereocenters. The summed E-state index contributed by atoms with van der Waals surface area (Å²) in [5, 5.41) is 3.37. The Morgan fingerprint density at radius 1 is 1.25 bits per heavy atom. The maximum absolute atomic E-state index is 12.4. The molecule has 0 bridgehead atoms. The molecule has 126 valence electrons. The van der Waals surface area contributed by atoms with Crippen molar-refractivity contribution in [1.82, 2.24) is 5.32 Å². The molecule has 3 rings (SSSR count). The van der Waals surface area contributed by atoms with E-state index in [1.165, 1.54) is 11.0 Å². The molecule has 1 fully saturated rings. The van der Waals surface area contributed by atoms with Crippen LogP contribution in [-0.4, -0.2) is 30.2 Å². The Bertz CT molecular complexity index is 865. The molecular formula is C17H18N2O5. The highest BCUT2D eigenvalue weighted by atomic mass is 16.6. The monoisotopic (exact) mass is 330 g/mol. The molecule has 2 amide bonds. The lowest BCUT2D eigenvalue weighted by molar-refractivity contribution is -0.155. The van der Waals surface area contributed by atoms with Crippen LogP contribution in [0.1, 0.15) is 20.8 Å². The lowest BCUT2D eigenvalue weighted by atomic mass is 10.1. The number of nitrogens with zero attached hydrogens (tertiary/aromatic N) is 1. The van der Waals surface area contributed by atoms with E-state index in [0.29, 0.717) is 11.3 Å². The minimum atomic E-state index is -0.774. The molecule has 7 nitrogen and oxygen atoms in total. The standard InChI is InChI=1S/C17H18N2O5/c1-17(2,3)24-15(21)12-9-18-16(22)19(12)11-6-4-10-5-7-14(20)23-13(10)8-11/h4-8,12H,9H2,1-3H3,(H,18,22). The highest BCUT2D eigenvalue weighted by molar-refractivity contribution is 6.02. The molecule has 0 spiro atoms. The van der Waals surface area contributed by atoms with Gasteiger partial charge in [0.1, 0.15) is 11.2 Å². The summed E-state index contributed by atoms with van der Waals surface area (Å²) in [7, 11) is 0. The van der Waals surface area contributed by atoms with E-state index in [4.69, 9.17) is 9.15 Å². The average Bonchev–Trinajstić information content (AvgIpc) is 2.86. The van der Waals surface area contributed by atoms with Crippen LogP contribution in [0.15, 0.2) is 39.5 Å². The van der Waals surface area contributed by atoms with E-state index in [9.17, 15) is 14.4 Å². The number of rotatable bonds is 2. The maximum atomic E-state index is 12.4. The maximum Gasteiger partial charge on any atom is 0.336 e. The van der Waals surface area contributed by atoms with Crippen LogP contribution in [-0.2, 0) is 9.53 Å². The summed E-state index contributed by atoms with van der Waals surface area (Å²) in [5.74, 6) is -0.490. The predicted molar refractivity (Wildman–Crippen MR) is 88.0 cm³/mol. The fourth-order valence-electron chi connectivity index (χ4n) is 2.56. The van der Waals surface area contributed by atoms with Crippen molar-refractivity contribution in [2.75, 3.05) is 11.4 Å². The van der Waals surface area contributed by atoms with Crippen LogP contribution in [0.25, 0.3) is 11.0 Å². The van der Waals surface area contributed by atoms with Gasteiger partial charge in [-0.05, 0) is 39.0 Å². The number of anilines is 1. The fraction of sp³-hybridized carbons (Fsp3) is 0.353. The number of amides is 2. The Hall–Kier alpha value is -2.83. The van der Waals surface area contributed by atoms with Gasteiger partial charge in [0, 0.05) is 17.5 Å². The van der Waals surface area contributed by atoms with Gasteiger partial charge in [-0.3, -0.25) is 4.90 Å². The van der Waals surface area contributed by atoms with Crippen LogP contribution in [0.2, 0.25) is 0 Å². The van der Waals surface area contributed by atoms with Crippen molar-refractivity contribution >= 4 is 28.7 Å². The van der Waals surface area contributed by atoms with Crippen molar-refractivity contribution in [3.8, 4) is 0 Å². The first-order valence-corrected chi connectivity index (χ1v) is 7.58. The van der Waals surface area contributed by atoms with Gasteiger partial charge in [-0.2, -0.15) is 0 Å². The minimum Gasteiger partial charge on any atom is -0.458 e. The number of fused-ring (bicyclic) bond motifs is 1. The number of esters is 1. The zero-order valence-corrected chi connectivity index (χ0v) is 13.7. The molecule has 2 aromatic rings.